The Morgan fingerprint density at radius 2 is 1.60 bits per heavy atom. The van der Waals surface area contributed by atoms with Gasteiger partial charge in [-0.3, -0.25) is 0 Å². The largest absolute Gasteiger partial charge is 0.494 e. The third kappa shape index (κ3) is 3.65. The van der Waals surface area contributed by atoms with Crippen molar-refractivity contribution in [3.63, 3.8) is 0 Å². The van der Waals surface area contributed by atoms with E-state index in [4.69, 9.17) is 19.8 Å². The molecule has 0 aromatic heterocycles. The molecule has 6 heteroatoms. The Labute approximate surface area is 148 Å². The van der Waals surface area contributed by atoms with Crippen LogP contribution in [0.5, 0.6) is 5.75 Å². The van der Waals surface area contributed by atoms with Crippen molar-refractivity contribution in [1.29, 1.82) is 0 Å². The lowest BCUT2D eigenvalue weighted by Gasteiger charge is -2.32. The summed E-state index contributed by atoms with van der Waals surface area (Å²) in [5.41, 5.74) is 7.44. The summed E-state index contributed by atoms with van der Waals surface area (Å²) >= 11 is 0. The predicted octanol–water partition coefficient (Wildman–Crippen LogP) is 3.29. The summed E-state index contributed by atoms with van der Waals surface area (Å²) in [5, 5.41) is 0. The topological polar surface area (TPSA) is 53.7 Å². The van der Waals surface area contributed by atoms with Gasteiger partial charge in [0, 0.05) is 0 Å². The Morgan fingerprint density at radius 1 is 1.00 bits per heavy atom. The fourth-order valence-corrected chi connectivity index (χ4v) is 2.54. The van der Waals surface area contributed by atoms with Crippen molar-refractivity contribution in [2.24, 2.45) is 0 Å². The normalized spacial score (nSPS) is 18.4. The maximum atomic E-state index is 13.0. The number of hydrogen-bond donors (Lipinski definition) is 1. The van der Waals surface area contributed by atoms with Crippen LogP contribution in [-0.4, -0.2) is 18.3 Å². The molecule has 2 aromatic rings. The molecule has 0 amide bonds. The summed E-state index contributed by atoms with van der Waals surface area (Å²) in [4.78, 5) is 0. The molecule has 1 fully saturated rings. The molecule has 25 heavy (non-hydrogen) atoms. The second-order valence-corrected chi connectivity index (χ2v) is 7.30. The van der Waals surface area contributed by atoms with E-state index >= 15 is 0 Å². The summed E-state index contributed by atoms with van der Waals surface area (Å²) in [5.74, 6) is 0.280. The number of nitrogens with two attached hydrogens (primary N) is 1. The zero-order chi connectivity index (χ0) is 18.2. The van der Waals surface area contributed by atoms with E-state index in [1.54, 1.807) is 18.2 Å². The number of rotatable bonds is 4. The summed E-state index contributed by atoms with van der Waals surface area (Å²) in [6, 6.07) is 11.7. The van der Waals surface area contributed by atoms with Crippen molar-refractivity contribution >= 4 is 18.3 Å². The SMILES string of the molecule is CC1(C)OB(c2ccc(N)c(OCc3ccc(F)cc3)c2)OC1(C)C. The van der Waals surface area contributed by atoms with Crippen molar-refractivity contribution in [1.82, 2.24) is 0 Å². The van der Waals surface area contributed by atoms with E-state index in [9.17, 15) is 4.39 Å². The van der Waals surface area contributed by atoms with Gasteiger partial charge < -0.3 is 19.8 Å². The second-order valence-electron chi connectivity index (χ2n) is 7.30. The van der Waals surface area contributed by atoms with Gasteiger partial charge in [0.05, 0.1) is 16.9 Å². The van der Waals surface area contributed by atoms with Gasteiger partial charge in [-0.2, -0.15) is 0 Å². The van der Waals surface area contributed by atoms with Gasteiger partial charge in [0.1, 0.15) is 18.2 Å². The van der Waals surface area contributed by atoms with Gasteiger partial charge in [0.15, 0.2) is 0 Å². The zero-order valence-electron chi connectivity index (χ0n) is 15.0. The van der Waals surface area contributed by atoms with Crippen LogP contribution in [0.15, 0.2) is 42.5 Å². The van der Waals surface area contributed by atoms with Crippen molar-refractivity contribution in [2.45, 2.75) is 45.5 Å². The predicted molar refractivity (Wildman–Crippen MR) is 97.3 cm³/mol. The molecular formula is C19H23BFNO3. The average Bonchev–Trinajstić information content (AvgIpc) is 2.76. The van der Waals surface area contributed by atoms with E-state index in [-0.39, 0.29) is 5.82 Å². The molecule has 1 aliphatic heterocycles. The lowest BCUT2D eigenvalue weighted by molar-refractivity contribution is 0.00578. The first-order valence-corrected chi connectivity index (χ1v) is 8.30. The van der Waals surface area contributed by atoms with Gasteiger partial charge in [-0.05, 0) is 63.0 Å². The van der Waals surface area contributed by atoms with Gasteiger partial charge in [-0.15, -0.1) is 0 Å². The number of benzene rings is 2. The van der Waals surface area contributed by atoms with Gasteiger partial charge in [-0.1, -0.05) is 18.2 Å². The molecule has 0 saturated carbocycles. The Bertz CT molecular complexity index is 746. The zero-order valence-corrected chi connectivity index (χ0v) is 15.0. The molecule has 1 aliphatic rings. The van der Waals surface area contributed by atoms with E-state index in [1.165, 1.54) is 12.1 Å². The van der Waals surface area contributed by atoms with E-state index in [0.29, 0.717) is 18.0 Å². The van der Waals surface area contributed by atoms with Crippen LogP contribution in [0, 0.1) is 5.82 Å². The maximum Gasteiger partial charge on any atom is 0.494 e. The van der Waals surface area contributed by atoms with E-state index in [0.717, 1.165) is 11.0 Å². The molecule has 1 saturated heterocycles. The molecule has 0 spiro atoms. The van der Waals surface area contributed by atoms with Crippen LogP contribution in [-0.2, 0) is 15.9 Å². The smallest absolute Gasteiger partial charge is 0.487 e. The molecule has 132 valence electrons. The van der Waals surface area contributed by atoms with E-state index < -0.39 is 18.3 Å². The average molecular weight is 343 g/mol. The summed E-state index contributed by atoms with van der Waals surface area (Å²) in [7, 11) is -0.473. The first-order chi connectivity index (χ1) is 11.7. The maximum absolute atomic E-state index is 13.0. The van der Waals surface area contributed by atoms with Gasteiger partial charge in [0.25, 0.3) is 0 Å². The fourth-order valence-electron chi connectivity index (χ4n) is 2.54. The molecule has 0 atom stereocenters. The highest BCUT2D eigenvalue weighted by molar-refractivity contribution is 6.62. The minimum absolute atomic E-state index is 0.272. The molecule has 0 bridgehead atoms. The minimum Gasteiger partial charge on any atom is -0.487 e. The van der Waals surface area contributed by atoms with Gasteiger partial charge in [0.2, 0.25) is 0 Å². The minimum atomic E-state index is -0.473. The summed E-state index contributed by atoms with van der Waals surface area (Å²) in [6.07, 6.45) is 0. The van der Waals surface area contributed by atoms with Crippen LogP contribution in [0.3, 0.4) is 0 Å². The number of nitrogen functional groups attached to an aromatic ring is 1. The molecule has 2 aromatic carbocycles. The second kappa shape index (κ2) is 6.35. The third-order valence-corrected chi connectivity index (χ3v) is 4.87. The highest BCUT2D eigenvalue weighted by atomic mass is 19.1. The van der Waals surface area contributed by atoms with Crippen molar-refractivity contribution < 1.29 is 18.4 Å². The molecular weight excluding hydrogens is 320 g/mol. The molecule has 0 aliphatic carbocycles. The quantitative estimate of drug-likeness (QED) is 0.684. The van der Waals surface area contributed by atoms with Crippen LogP contribution < -0.4 is 15.9 Å². The number of hydrogen-bond acceptors (Lipinski definition) is 4. The van der Waals surface area contributed by atoms with Crippen LogP contribution in [0.1, 0.15) is 33.3 Å². The lowest BCUT2D eigenvalue weighted by atomic mass is 9.79. The van der Waals surface area contributed by atoms with Crippen molar-refractivity contribution in [2.75, 3.05) is 5.73 Å². The Balaban J connectivity index is 1.76. The van der Waals surface area contributed by atoms with Crippen LogP contribution in [0.2, 0.25) is 0 Å². The first-order valence-electron chi connectivity index (χ1n) is 8.30. The van der Waals surface area contributed by atoms with Crippen LogP contribution >= 0.6 is 0 Å². The summed E-state index contributed by atoms with van der Waals surface area (Å²) < 4.78 is 30.9. The van der Waals surface area contributed by atoms with Crippen molar-refractivity contribution in [3.8, 4) is 5.75 Å². The number of ether oxygens (including phenoxy) is 1. The van der Waals surface area contributed by atoms with E-state index in [2.05, 4.69) is 0 Å². The molecule has 0 radical (unpaired) electrons. The lowest BCUT2D eigenvalue weighted by Crippen LogP contribution is -2.41. The first kappa shape index (κ1) is 17.8. The van der Waals surface area contributed by atoms with E-state index in [1.807, 2.05) is 39.8 Å². The highest BCUT2D eigenvalue weighted by Crippen LogP contribution is 2.36. The number of halogens is 1. The molecule has 0 unspecified atom stereocenters. The molecule has 2 N–H and O–H groups in total. The van der Waals surface area contributed by atoms with Crippen LogP contribution in [0.4, 0.5) is 10.1 Å². The Kier molecular flexibility index (Phi) is 4.52. The molecule has 1 heterocycles. The standard InChI is InChI=1S/C19H23BFNO3/c1-18(2)19(3,4)25-20(24-18)14-7-10-16(22)17(11-14)23-12-13-5-8-15(21)9-6-13/h5-11H,12,22H2,1-4H3. The monoisotopic (exact) mass is 343 g/mol. The van der Waals surface area contributed by atoms with Gasteiger partial charge in [-0.25, -0.2) is 4.39 Å². The van der Waals surface area contributed by atoms with Crippen LogP contribution in [0.25, 0.3) is 0 Å². The van der Waals surface area contributed by atoms with Crippen molar-refractivity contribution in [3.05, 3.63) is 53.8 Å². The Hall–Kier alpha value is -2.05. The fraction of sp³-hybridized carbons (Fsp3) is 0.368. The van der Waals surface area contributed by atoms with Gasteiger partial charge >= 0.3 is 7.12 Å². The Morgan fingerprint density at radius 3 is 2.20 bits per heavy atom. The number of anilines is 1. The third-order valence-electron chi connectivity index (χ3n) is 4.87. The highest BCUT2D eigenvalue weighted by Gasteiger charge is 2.51. The molecule has 3 rings (SSSR count). The summed E-state index contributed by atoms with van der Waals surface area (Å²) in [6.45, 7) is 8.34. The molecule has 4 nitrogen and oxygen atoms in total.